The van der Waals surface area contributed by atoms with Gasteiger partial charge in [-0.2, -0.15) is 0 Å². The van der Waals surface area contributed by atoms with E-state index < -0.39 is 6.10 Å². The third kappa shape index (κ3) is 5.33. The summed E-state index contributed by atoms with van der Waals surface area (Å²) in [7, 11) is 0. The third-order valence-corrected chi connectivity index (χ3v) is 4.06. The molecule has 1 aromatic heterocycles. The first-order valence-corrected chi connectivity index (χ1v) is 8.36. The number of hydrogen-bond donors (Lipinski definition) is 2. The van der Waals surface area contributed by atoms with E-state index >= 15 is 0 Å². The monoisotopic (exact) mass is 336 g/mol. The molecular weight excluding hydrogens is 315 g/mol. The molecule has 0 spiro atoms. The Morgan fingerprint density at radius 3 is 2.52 bits per heavy atom. The highest BCUT2D eigenvalue weighted by molar-refractivity contribution is 7.14. The van der Waals surface area contributed by atoms with Gasteiger partial charge in [-0.15, -0.1) is 11.3 Å². The topological polar surface area (TPSA) is 52.6 Å². The number of halogens is 1. The Hall–Kier alpha value is -1.92. The van der Waals surface area contributed by atoms with Crippen LogP contribution in [0.3, 0.4) is 0 Å². The number of nitrogens with zero attached hydrogens (tertiary/aromatic N) is 1. The molecule has 124 valence electrons. The van der Waals surface area contributed by atoms with Gasteiger partial charge in [-0.1, -0.05) is 26.0 Å². The minimum absolute atomic E-state index is 0.154. The van der Waals surface area contributed by atoms with Gasteiger partial charge in [-0.25, -0.2) is 9.18 Å². The Morgan fingerprint density at radius 2 is 1.96 bits per heavy atom. The van der Waals surface area contributed by atoms with Gasteiger partial charge in [-0.3, -0.25) is 5.32 Å². The second kappa shape index (κ2) is 8.08. The number of aliphatic hydroxyl groups excluding tert-OH is 1. The van der Waals surface area contributed by atoms with E-state index in [0.29, 0.717) is 12.1 Å². The van der Waals surface area contributed by atoms with Gasteiger partial charge in [0.05, 0.1) is 17.6 Å². The number of thiophene rings is 1. The van der Waals surface area contributed by atoms with E-state index in [-0.39, 0.29) is 24.3 Å². The van der Waals surface area contributed by atoms with Crippen molar-refractivity contribution in [1.82, 2.24) is 4.90 Å². The van der Waals surface area contributed by atoms with E-state index in [0.717, 1.165) is 5.00 Å². The molecule has 2 amide bonds. The maximum atomic E-state index is 13.0. The maximum absolute atomic E-state index is 13.0. The van der Waals surface area contributed by atoms with Gasteiger partial charge in [0.25, 0.3) is 0 Å². The highest BCUT2D eigenvalue weighted by atomic mass is 32.1. The van der Waals surface area contributed by atoms with Crippen molar-refractivity contribution in [3.63, 3.8) is 0 Å². The van der Waals surface area contributed by atoms with E-state index in [1.54, 1.807) is 4.90 Å². The predicted molar refractivity (Wildman–Crippen MR) is 91.1 cm³/mol. The molecular formula is C17H21FN2O2S. The van der Waals surface area contributed by atoms with Gasteiger partial charge in [0.2, 0.25) is 0 Å². The SMILES string of the molecule is CC(C)CN(C[C@@H](O)c1ccc(F)cc1)C(=O)Nc1cccs1. The highest BCUT2D eigenvalue weighted by Gasteiger charge is 2.20. The number of urea groups is 1. The van der Waals surface area contributed by atoms with E-state index in [2.05, 4.69) is 5.32 Å². The molecule has 0 saturated heterocycles. The lowest BCUT2D eigenvalue weighted by molar-refractivity contribution is 0.121. The van der Waals surface area contributed by atoms with Crippen LogP contribution >= 0.6 is 11.3 Å². The zero-order valence-electron chi connectivity index (χ0n) is 13.2. The molecule has 4 nitrogen and oxygen atoms in total. The molecule has 0 aliphatic carbocycles. The van der Waals surface area contributed by atoms with Crippen LogP contribution in [0.2, 0.25) is 0 Å². The molecule has 0 fully saturated rings. The van der Waals surface area contributed by atoms with Crippen molar-refractivity contribution in [3.05, 3.63) is 53.2 Å². The number of benzene rings is 1. The van der Waals surface area contributed by atoms with E-state index in [4.69, 9.17) is 0 Å². The van der Waals surface area contributed by atoms with Crippen LogP contribution in [-0.2, 0) is 0 Å². The number of anilines is 1. The van der Waals surface area contributed by atoms with Crippen molar-refractivity contribution in [3.8, 4) is 0 Å². The van der Waals surface area contributed by atoms with Crippen LogP contribution in [0.4, 0.5) is 14.2 Å². The molecule has 2 rings (SSSR count). The van der Waals surface area contributed by atoms with Crippen LogP contribution in [0.5, 0.6) is 0 Å². The van der Waals surface area contributed by atoms with Gasteiger partial charge in [-0.05, 0) is 41.1 Å². The Bertz CT molecular complexity index is 614. The van der Waals surface area contributed by atoms with Crippen LogP contribution in [0, 0.1) is 11.7 Å². The number of aliphatic hydroxyl groups is 1. The molecule has 0 unspecified atom stereocenters. The number of carbonyl (C=O) groups is 1. The molecule has 1 aromatic carbocycles. The van der Waals surface area contributed by atoms with Crippen LogP contribution in [0.25, 0.3) is 0 Å². The first kappa shape index (κ1) is 17.4. The summed E-state index contributed by atoms with van der Waals surface area (Å²) in [4.78, 5) is 14.0. The van der Waals surface area contributed by atoms with Gasteiger partial charge < -0.3 is 10.0 Å². The molecule has 0 aliphatic rings. The smallest absolute Gasteiger partial charge is 0.322 e. The van der Waals surface area contributed by atoms with Crippen LogP contribution in [0.15, 0.2) is 41.8 Å². The van der Waals surface area contributed by atoms with Crippen molar-refractivity contribution in [1.29, 1.82) is 0 Å². The summed E-state index contributed by atoms with van der Waals surface area (Å²) in [5, 5.41) is 15.8. The average molecular weight is 336 g/mol. The zero-order valence-corrected chi connectivity index (χ0v) is 14.0. The van der Waals surface area contributed by atoms with Gasteiger partial charge in [0, 0.05) is 6.54 Å². The summed E-state index contributed by atoms with van der Waals surface area (Å²) in [6.45, 7) is 4.70. The molecule has 23 heavy (non-hydrogen) atoms. The zero-order chi connectivity index (χ0) is 16.8. The lowest BCUT2D eigenvalue weighted by Crippen LogP contribution is -2.40. The molecule has 6 heteroatoms. The van der Waals surface area contributed by atoms with E-state index in [1.165, 1.54) is 35.6 Å². The summed E-state index contributed by atoms with van der Waals surface area (Å²) in [5.74, 6) is -0.0834. The number of nitrogens with one attached hydrogen (secondary N) is 1. The molecule has 0 radical (unpaired) electrons. The predicted octanol–water partition coefficient (Wildman–Crippen LogP) is 4.11. The molecule has 0 bridgehead atoms. The van der Waals surface area contributed by atoms with Crippen molar-refractivity contribution in [2.75, 3.05) is 18.4 Å². The summed E-state index contributed by atoms with van der Waals surface area (Å²) in [5.41, 5.74) is 0.587. The Morgan fingerprint density at radius 1 is 1.26 bits per heavy atom. The number of rotatable bonds is 6. The number of amides is 2. The fraction of sp³-hybridized carbons (Fsp3) is 0.353. The maximum Gasteiger partial charge on any atom is 0.322 e. The lowest BCUT2D eigenvalue weighted by Gasteiger charge is -2.27. The largest absolute Gasteiger partial charge is 0.387 e. The average Bonchev–Trinajstić information content (AvgIpc) is 2.99. The lowest BCUT2D eigenvalue weighted by atomic mass is 10.1. The molecule has 0 saturated carbocycles. The van der Waals surface area contributed by atoms with Crippen LogP contribution in [0.1, 0.15) is 25.5 Å². The van der Waals surface area contributed by atoms with E-state index in [1.807, 2.05) is 31.4 Å². The molecule has 1 atom stereocenters. The van der Waals surface area contributed by atoms with Crippen LogP contribution in [-0.4, -0.2) is 29.1 Å². The summed E-state index contributed by atoms with van der Waals surface area (Å²) in [6, 6.07) is 9.11. The standard InChI is InChI=1S/C17H21FN2O2S/c1-12(2)10-20(17(22)19-16-4-3-9-23-16)11-15(21)13-5-7-14(18)8-6-13/h3-9,12,15,21H,10-11H2,1-2H3,(H,19,22)/t15-/m1/s1. The van der Waals surface area contributed by atoms with Gasteiger partial charge in [0.1, 0.15) is 5.82 Å². The normalized spacial score (nSPS) is 12.2. The fourth-order valence-corrected chi connectivity index (χ4v) is 2.82. The number of hydrogen-bond acceptors (Lipinski definition) is 3. The third-order valence-electron chi connectivity index (χ3n) is 3.27. The Labute approximate surface area is 139 Å². The van der Waals surface area contributed by atoms with Crippen molar-refractivity contribution in [2.24, 2.45) is 5.92 Å². The van der Waals surface area contributed by atoms with Crippen molar-refractivity contribution < 1.29 is 14.3 Å². The fourth-order valence-electron chi connectivity index (χ4n) is 2.21. The van der Waals surface area contributed by atoms with E-state index in [9.17, 15) is 14.3 Å². The minimum atomic E-state index is -0.858. The highest BCUT2D eigenvalue weighted by Crippen LogP contribution is 2.19. The molecule has 2 aromatic rings. The first-order valence-electron chi connectivity index (χ1n) is 7.48. The molecule has 1 heterocycles. The minimum Gasteiger partial charge on any atom is -0.387 e. The van der Waals surface area contributed by atoms with Crippen molar-refractivity contribution in [2.45, 2.75) is 20.0 Å². The quantitative estimate of drug-likeness (QED) is 0.834. The van der Waals surface area contributed by atoms with Crippen molar-refractivity contribution >= 4 is 22.4 Å². The van der Waals surface area contributed by atoms with Gasteiger partial charge in [0.15, 0.2) is 0 Å². The summed E-state index contributed by atoms with van der Waals surface area (Å²) >= 11 is 1.44. The summed E-state index contributed by atoms with van der Waals surface area (Å²) in [6.07, 6.45) is -0.858. The second-order valence-electron chi connectivity index (χ2n) is 5.77. The van der Waals surface area contributed by atoms with Crippen LogP contribution < -0.4 is 5.32 Å². The number of carbonyl (C=O) groups excluding carboxylic acids is 1. The molecule has 0 aliphatic heterocycles. The first-order chi connectivity index (χ1) is 11.0. The summed E-state index contributed by atoms with van der Waals surface area (Å²) < 4.78 is 13.0. The Kier molecular flexibility index (Phi) is 6.12. The Balaban J connectivity index is 2.05. The molecule has 2 N–H and O–H groups in total. The second-order valence-corrected chi connectivity index (χ2v) is 6.72. The van der Waals surface area contributed by atoms with Gasteiger partial charge >= 0.3 is 6.03 Å².